The van der Waals surface area contributed by atoms with E-state index in [1.54, 1.807) is 0 Å². The van der Waals surface area contributed by atoms with E-state index in [2.05, 4.69) is 5.32 Å². The number of carbonyl (C=O) groups excluding carboxylic acids is 2. The molecule has 0 aliphatic carbocycles. The number of alkyl halides is 6. The number of hydrogen-bond donors (Lipinski definition) is 2. The van der Waals surface area contributed by atoms with Crippen LogP contribution in [0.1, 0.15) is 40.7 Å². The molecule has 2 amide bonds. The van der Waals surface area contributed by atoms with Crippen molar-refractivity contribution in [1.29, 1.82) is 0 Å². The lowest BCUT2D eigenvalue weighted by molar-refractivity contribution is -0.154. The van der Waals surface area contributed by atoms with Gasteiger partial charge in [0.1, 0.15) is 18.2 Å². The Morgan fingerprint density at radius 1 is 0.919 bits per heavy atom. The zero-order valence-corrected chi connectivity index (χ0v) is 21.3. The molecule has 0 aromatic heterocycles. The second-order valence-corrected chi connectivity index (χ2v) is 9.18. The highest BCUT2D eigenvalue weighted by molar-refractivity contribution is 6.48. The molecule has 4 nitrogen and oxygen atoms in total. The predicted molar refractivity (Wildman–Crippen MR) is 127 cm³/mol. The van der Waals surface area contributed by atoms with Gasteiger partial charge in [0.05, 0.1) is 31.8 Å². The van der Waals surface area contributed by atoms with E-state index in [-0.39, 0.29) is 31.7 Å². The lowest BCUT2D eigenvalue weighted by atomic mass is 9.96. The molecule has 0 aliphatic heterocycles. The van der Waals surface area contributed by atoms with Crippen LogP contribution >= 0.6 is 46.4 Å². The van der Waals surface area contributed by atoms with Gasteiger partial charge in [-0.15, -0.1) is 0 Å². The number of amides is 2. The van der Waals surface area contributed by atoms with E-state index in [1.807, 2.05) is 5.32 Å². The SMILES string of the molecule is C[C@H](NC(=O)CC(F)(F)F)NC(=O)c1ccc(/C(F)=C/C(c2cc(Cl)c(Cl)c(Cl)c2)C(F)(F)F)cc1Cl. The number of allylic oxidation sites excluding steroid dienone is 1. The molecular weight excluding hydrogens is 599 g/mol. The second-order valence-electron chi connectivity index (χ2n) is 7.58. The van der Waals surface area contributed by atoms with Gasteiger partial charge in [-0.3, -0.25) is 9.59 Å². The standard InChI is InChI=1S/C22H15Cl4F7N2O2/c1-9(34-18(36)8-21(28,29)30)35-20(37)12-3-2-10(4-14(12)23)17(27)7-13(22(31,32)33)11-5-15(24)19(26)16(25)6-11/h2-7,9,13H,8H2,1H3,(H,34,36)(H,35,37)/b17-7-/t9-,13?/m1/s1. The Morgan fingerprint density at radius 2 is 1.49 bits per heavy atom. The molecule has 2 atom stereocenters. The van der Waals surface area contributed by atoms with Gasteiger partial charge in [0.15, 0.2) is 0 Å². The van der Waals surface area contributed by atoms with Crippen molar-refractivity contribution in [1.82, 2.24) is 10.6 Å². The van der Waals surface area contributed by atoms with Gasteiger partial charge in [0.2, 0.25) is 5.91 Å². The van der Waals surface area contributed by atoms with Gasteiger partial charge >= 0.3 is 12.4 Å². The molecule has 37 heavy (non-hydrogen) atoms. The van der Waals surface area contributed by atoms with Crippen LogP contribution < -0.4 is 10.6 Å². The molecule has 0 aliphatic rings. The van der Waals surface area contributed by atoms with Gasteiger partial charge in [-0.1, -0.05) is 52.5 Å². The Bertz CT molecular complexity index is 1190. The highest BCUT2D eigenvalue weighted by atomic mass is 35.5. The number of rotatable bonds is 7. The Kier molecular flexibility index (Phi) is 10.1. The summed E-state index contributed by atoms with van der Waals surface area (Å²) in [6.07, 6.45) is -12.4. The van der Waals surface area contributed by atoms with E-state index in [1.165, 1.54) is 6.92 Å². The molecule has 0 saturated carbocycles. The Balaban J connectivity index is 2.26. The summed E-state index contributed by atoms with van der Waals surface area (Å²) in [5.41, 5.74) is -1.17. The van der Waals surface area contributed by atoms with Crippen molar-refractivity contribution in [3.05, 3.63) is 73.2 Å². The highest BCUT2D eigenvalue weighted by Crippen LogP contribution is 2.42. The van der Waals surface area contributed by atoms with Crippen LogP contribution in [-0.2, 0) is 4.79 Å². The third-order valence-corrected chi connectivity index (χ3v) is 6.12. The van der Waals surface area contributed by atoms with E-state index in [0.29, 0.717) is 0 Å². The lowest BCUT2D eigenvalue weighted by Crippen LogP contribution is -2.46. The minimum Gasteiger partial charge on any atom is -0.336 e. The quantitative estimate of drug-likeness (QED) is 0.188. The van der Waals surface area contributed by atoms with Gasteiger partial charge in [-0.25, -0.2) is 4.39 Å². The maximum Gasteiger partial charge on any atom is 0.399 e. The smallest absolute Gasteiger partial charge is 0.336 e. The third-order valence-electron chi connectivity index (χ3n) is 4.61. The molecule has 0 heterocycles. The normalized spacial score (nSPS) is 14.2. The largest absolute Gasteiger partial charge is 0.399 e. The molecule has 0 saturated heterocycles. The van der Waals surface area contributed by atoms with Crippen molar-refractivity contribution in [2.75, 3.05) is 0 Å². The van der Waals surface area contributed by atoms with Gasteiger partial charge in [-0.05, 0) is 42.8 Å². The zero-order chi connectivity index (χ0) is 28.3. The van der Waals surface area contributed by atoms with Crippen LogP contribution in [0, 0.1) is 0 Å². The Morgan fingerprint density at radius 3 is 1.97 bits per heavy atom. The molecule has 2 rings (SSSR count). The number of halogens is 11. The van der Waals surface area contributed by atoms with E-state index in [4.69, 9.17) is 46.4 Å². The van der Waals surface area contributed by atoms with Crippen molar-refractivity contribution in [3.63, 3.8) is 0 Å². The van der Waals surface area contributed by atoms with Crippen LogP contribution in [0.2, 0.25) is 20.1 Å². The maximum absolute atomic E-state index is 14.9. The fraction of sp³-hybridized carbons (Fsp3) is 0.273. The highest BCUT2D eigenvalue weighted by Gasteiger charge is 2.40. The minimum absolute atomic E-state index is 0.174. The van der Waals surface area contributed by atoms with Crippen LogP contribution in [-0.4, -0.2) is 30.3 Å². The van der Waals surface area contributed by atoms with Gasteiger partial charge < -0.3 is 10.6 Å². The number of hydrogen-bond acceptors (Lipinski definition) is 2. The topological polar surface area (TPSA) is 58.2 Å². The summed E-state index contributed by atoms with van der Waals surface area (Å²) in [6.45, 7) is 1.18. The molecule has 202 valence electrons. The van der Waals surface area contributed by atoms with E-state index in [9.17, 15) is 40.3 Å². The predicted octanol–water partition coefficient (Wildman–Crippen LogP) is 8.10. The maximum atomic E-state index is 14.9. The summed E-state index contributed by atoms with van der Waals surface area (Å²) in [7, 11) is 0. The van der Waals surface area contributed by atoms with Crippen molar-refractivity contribution in [3.8, 4) is 0 Å². The summed E-state index contributed by atoms with van der Waals surface area (Å²) in [6, 6.07) is 4.63. The van der Waals surface area contributed by atoms with E-state index in [0.717, 1.165) is 30.3 Å². The first-order chi connectivity index (χ1) is 16.9. The van der Waals surface area contributed by atoms with Crippen LogP contribution in [0.3, 0.4) is 0 Å². The molecular formula is C22H15Cl4F7N2O2. The molecule has 2 aromatic rings. The number of nitrogens with one attached hydrogen (secondary N) is 2. The van der Waals surface area contributed by atoms with Crippen molar-refractivity contribution in [2.45, 2.75) is 37.8 Å². The summed E-state index contributed by atoms with van der Waals surface area (Å²) >= 11 is 23.3. The lowest BCUT2D eigenvalue weighted by Gasteiger charge is -2.19. The third kappa shape index (κ3) is 8.94. The fourth-order valence-electron chi connectivity index (χ4n) is 3.01. The monoisotopic (exact) mass is 612 g/mol. The molecule has 0 bridgehead atoms. The molecule has 0 radical (unpaired) electrons. The second kappa shape index (κ2) is 12.1. The molecule has 2 aromatic carbocycles. The average molecular weight is 614 g/mol. The molecule has 2 N–H and O–H groups in total. The minimum atomic E-state index is -4.95. The molecule has 15 heteroatoms. The Hall–Kier alpha value is -2.21. The van der Waals surface area contributed by atoms with E-state index < -0.39 is 59.6 Å². The summed E-state index contributed by atoms with van der Waals surface area (Å²) in [4.78, 5) is 23.7. The van der Waals surface area contributed by atoms with Crippen LogP contribution in [0.4, 0.5) is 30.7 Å². The first-order valence-corrected chi connectivity index (χ1v) is 11.5. The summed E-state index contributed by atoms with van der Waals surface area (Å²) in [5.74, 6) is -6.15. The number of benzene rings is 2. The van der Waals surface area contributed by atoms with Crippen molar-refractivity contribution in [2.24, 2.45) is 0 Å². The molecule has 0 spiro atoms. The van der Waals surface area contributed by atoms with Crippen molar-refractivity contribution < 1.29 is 40.3 Å². The van der Waals surface area contributed by atoms with Gasteiger partial charge in [0.25, 0.3) is 5.91 Å². The zero-order valence-electron chi connectivity index (χ0n) is 18.3. The summed E-state index contributed by atoms with van der Waals surface area (Å²) in [5, 5.41) is 2.99. The van der Waals surface area contributed by atoms with Crippen LogP contribution in [0.5, 0.6) is 0 Å². The first-order valence-electron chi connectivity index (χ1n) is 9.94. The number of carbonyl (C=O) groups is 2. The van der Waals surface area contributed by atoms with Gasteiger partial charge in [0, 0.05) is 5.56 Å². The van der Waals surface area contributed by atoms with Crippen molar-refractivity contribution >= 4 is 64.0 Å². The van der Waals surface area contributed by atoms with E-state index >= 15 is 0 Å². The fourth-order valence-corrected chi connectivity index (χ4v) is 3.89. The molecule has 0 fully saturated rings. The van der Waals surface area contributed by atoms with Crippen LogP contribution in [0.15, 0.2) is 36.4 Å². The summed E-state index contributed by atoms with van der Waals surface area (Å²) < 4.78 is 92.7. The van der Waals surface area contributed by atoms with Gasteiger partial charge in [-0.2, -0.15) is 26.3 Å². The first kappa shape index (κ1) is 31.0. The molecule has 1 unspecified atom stereocenters. The van der Waals surface area contributed by atoms with Crippen LogP contribution in [0.25, 0.3) is 5.83 Å². The Labute approximate surface area is 225 Å². The average Bonchev–Trinajstić information content (AvgIpc) is 2.72.